The summed E-state index contributed by atoms with van der Waals surface area (Å²) in [6.45, 7) is 5.28. The van der Waals surface area contributed by atoms with Crippen LogP contribution >= 0.6 is 11.8 Å². The summed E-state index contributed by atoms with van der Waals surface area (Å²) in [5, 5.41) is 13.0. The van der Waals surface area contributed by atoms with Gasteiger partial charge in [-0.15, -0.1) is 0 Å². The molecule has 0 radical (unpaired) electrons. The number of carbonyl (C=O) groups is 2. The Morgan fingerprint density at radius 3 is 2.78 bits per heavy atom. The third-order valence-corrected chi connectivity index (χ3v) is 4.30. The lowest BCUT2D eigenvalue weighted by Crippen LogP contribution is -2.78. The molecule has 2 atom stereocenters. The van der Waals surface area contributed by atoms with Gasteiger partial charge < -0.3 is 10.1 Å². The second-order valence-corrected chi connectivity index (χ2v) is 6.74. The van der Waals surface area contributed by atoms with Gasteiger partial charge in [-0.3, -0.25) is 10.0 Å². The molecule has 2 N–H and O–H groups in total. The molecule has 2 unspecified atom stereocenters. The van der Waals surface area contributed by atoms with Crippen molar-refractivity contribution in [2.45, 2.75) is 44.4 Å². The van der Waals surface area contributed by atoms with Crippen LogP contribution in [-0.2, 0) is 9.53 Å². The molecule has 0 aromatic rings. The van der Waals surface area contributed by atoms with E-state index >= 15 is 0 Å². The van der Waals surface area contributed by atoms with Crippen molar-refractivity contribution in [3.63, 3.8) is 0 Å². The van der Waals surface area contributed by atoms with Gasteiger partial charge in [-0.25, -0.2) is 9.86 Å². The van der Waals surface area contributed by atoms with Gasteiger partial charge in [0.15, 0.2) is 0 Å². The van der Waals surface area contributed by atoms with Crippen LogP contribution in [0.2, 0.25) is 0 Å². The number of carbonyl (C=O) groups excluding carboxylic acids is 2. The minimum absolute atomic E-state index is 0.469. The number of rotatable bonds is 1. The van der Waals surface area contributed by atoms with E-state index in [4.69, 9.17) is 4.74 Å². The van der Waals surface area contributed by atoms with Gasteiger partial charge in [0.05, 0.1) is 0 Å². The van der Waals surface area contributed by atoms with Crippen molar-refractivity contribution in [1.82, 2.24) is 10.4 Å². The lowest BCUT2D eigenvalue weighted by Gasteiger charge is -2.51. The maximum Gasteiger partial charge on any atom is 0.408 e. The molecule has 18 heavy (non-hydrogen) atoms. The number of nitrogens with one attached hydrogen (secondary N) is 1. The number of hydrogen-bond donors (Lipinski definition) is 2. The van der Waals surface area contributed by atoms with E-state index in [1.54, 1.807) is 32.5 Å². The predicted octanol–water partition coefficient (Wildman–Crippen LogP) is 0.987. The van der Waals surface area contributed by atoms with Crippen molar-refractivity contribution in [1.29, 1.82) is 0 Å². The number of β-lactam (4-membered cyclic amide) rings is 1. The highest BCUT2D eigenvalue weighted by atomic mass is 32.2. The van der Waals surface area contributed by atoms with Gasteiger partial charge in [0.1, 0.15) is 17.2 Å². The molecule has 2 aliphatic heterocycles. The average molecular weight is 274 g/mol. The van der Waals surface area contributed by atoms with E-state index in [9.17, 15) is 14.8 Å². The molecule has 6 nitrogen and oxygen atoms in total. The summed E-state index contributed by atoms with van der Waals surface area (Å²) in [4.78, 5) is 23.3. The zero-order chi connectivity index (χ0) is 13.6. The van der Waals surface area contributed by atoms with E-state index in [1.165, 1.54) is 0 Å². The van der Waals surface area contributed by atoms with E-state index in [0.29, 0.717) is 12.2 Å². The molecule has 0 aromatic carbocycles. The summed E-state index contributed by atoms with van der Waals surface area (Å²) in [5.74, 6) is 1.04. The van der Waals surface area contributed by atoms with Crippen LogP contribution < -0.4 is 5.32 Å². The Kier molecular flexibility index (Phi) is 3.23. The van der Waals surface area contributed by atoms with Crippen LogP contribution in [0.5, 0.6) is 0 Å². The van der Waals surface area contributed by atoms with Gasteiger partial charge in [0.2, 0.25) is 0 Å². The number of thioether (sulfide) groups is 1. The van der Waals surface area contributed by atoms with E-state index < -0.39 is 29.2 Å². The highest BCUT2D eigenvalue weighted by molar-refractivity contribution is 7.99. The molecule has 0 saturated carbocycles. The highest BCUT2D eigenvalue weighted by Crippen LogP contribution is 2.42. The third kappa shape index (κ3) is 2.16. The van der Waals surface area contributed by atoms with Crippen LogP contribution in [0.25, 0.3) is 0 Å². The van der Waals surface area contributed by atoms with Crippen LogP contribution in [0, 0.1) is 0 Å². The zero-order valence-corrected chi connectivity index (χ0v) is 11.5. The molecular weight excluding hydrogens is 256 g/mol. The number of alkyl carbamates (subject to hydrolysis) is 1. The molecule has 1 spiro atoms. The Labute approximate surface area is 110 Å². The van der Waals surface area contributed by atoms with Crippen molar-refractivity contribution < 1.29 is 19.5 Å². The number of hydrogen-bond acceptors (Lipinski definition) is 5. The molecule has 2 aliphatic rings. The molecule has 2 fully saturated rings. The Morgan fingerprint density at radius 2 is 2.28 bits per heavy atom. The second kappa shape index (κ2) is 4.31. The quantitative estimate of drug-likeness (QED) is 0.550. The normalized spacial score (nSPS) is 31.4. The smallest absolute Gasteiger partial charge is 0.408 e. The average Bonchev–Trinajstić information content (AvgIpc) is 2.73. The van der Waals surface area contributed by atoms with Crippen LogP contribution in [0.1, 0.15) is 27.2 Å². The molecule has 0 aliphatic carbocycles. The fourth-order valence-electron chi connectivity index (χ4n) is 2.21. The fraction of sp³-hybridized carbons (Fsp3) is 0.818. The first-order valence-corrected chi connectivity index (χ1v) is 7.02. The van der Waals surface area contributed by atoms with Gasteiger partial charge in [-0.05, 0) is 32.9 Å². The maximum atomic E-state index is 11.7. The Hall–Kier alpha value is -0.950. The maximum absolute atomic E-state index is 11.7. The van der Waals surface area contributed by atoms with Crippen LogP contribution in [0.3, 0.4) is 0 Å². The Balaban J connectivity index is 2.00. The standard InChI is InChI=1S/C11H18N2O4S/c1-10(2,3)17-9(15)12-7-8(14)13(16)11(7)4-5-18-6-11/h7,16H,4-6H2,1-3H3,(H,12,15). The molecule has 7 heteroatoms. The third-order valence-electron chi connectivity index (χ3n) is 3.11. The fourth-order valence-corrected chi connectivity index (χ4v) is 3.64. The molecular formula is C11H18N2O4S. The molecule has 2 saturated heterocycles. The molecule has 0 bridgehead atoms. The van der Waals surface area contributed by atoms with E-state index in [1.807, 2.05) is 0 Å². The summed E-state index contributed by atoms with van der Waals surface area (Å²) in [6.07, 6.45) is 0.0608. The first kappa shape index (κ1) is 13.5. The lowest BCUT2D eigenvalue weighted by atomic mass is 9.80. The van der Waals surface area contributed by atoms with Gasteiger partial charge in [-0.1, -0.05) is 0 Å². The Bertz CT molecular complexity index is 374. The number of hydroxylamine groups is 2. The first-order chi connectivity index (χ1) is 8.26. The predicted molar refractivity (Wildman–Crippen MR) is 66.5 cm³/mol. The summed E-state index contributed by atoms with van der Waals surface area (Å²) < 4.78 is 5.12. The lowest BCUT2D eigenvalue weighted by molar-refractivity contribution is -0.233. The van der Waals surface area contributed by atoms with Crippen molar-refractivity contribution in [2.75, 3.05) is 11.5 Å². The molecule has 0 aromatic heterocycles. The minimum atomic E-state index is -0.674. The number of ether oxygens (including phenoxy) is 1. The summed E-state index contributed by atoms with van der Waals surface area (Å²) in [5.41, 5.74) is -1.24. The SMILES string of the molecule is CC(C)(C)OC(=O)NC1C(=O)N(O)C12CCSC2. The van der Waals surface area contributed by atoms with Crippen LogP contribution in [0.15, 0.2) is 0 Å². The van der Waals surface area contributed by atoms with E-state index in [0.717, 1.165) is 10.8 Å². The molecule has 2 rings (SSSR count). The van der Waals surface area contributed by atoms with Gasteiger partial charge in [-0.2, -0.15) is 11.8 Å². The highest BCUT2D eigenvalue weighted by Gasteiger charge is 2.62. The number of nitrogens with zero attached hydrogens (tertiary/aromatic N) is 1. The topological polar surface area (TPSA) is 78.9 Å². The van der Waals surface area contributed by atoms with Gasteiger partial charge in [0, 0.05) is 5.75 Å². The zero-order valence-electron chi connectivity index (χ0n) is 10.7. The van der Waals surface area contributed by atoms with Crippen molar-refractivity contribution in [3.8, 4) is 0 Å². The van der Waals surface area contributed by atoms with E-state index in [-0.39, 0.29) is 0 Å². The van der Waals surface area contributed by atoms with Gasteiger partial charge >= 0.3 is 6.09 Å². The summed E-state index contributed by atoms with van der Waals surface area (Å²) >= 11 is 1.66. The van der Waals surface area contributed by atoms with E-state index in [2.05, 4.69) is 5.32 Å². The minimum Gasteiger partial charge on any atom is -0.444 e. The Morgan fingerprint density at radius 1 is 1.61 bits per heavy atom. The van der Waals surface area contributed by atoms with Gasteiger partial charge in [0.25, 0.3) is 5.91 Å². The van der Waals surface area contributed by atoms with Crippen molar-refractivity contribution >= 4 is 23.8 Å². The monoisotopic (exact) mass is 274 g/mol. The second-order valence-electron chi connectivity index (χ2n) is 5.64. The first-order valence-electron chi connectivity index (χ1n) is 5.86. The van der Waals surface area contributed by atoms with Crippen molar-refractivity contribution in [2.24, 2.45) is 0 Å². The van der Waals surface area contributed by atoms with Crippen LogP contribution in [-0.4, -0.2) is 51.0 Å². The van der Waals surface area contributed by atoms with Crippen LogP contribution in [0.4, 0.5) is 4.79 Å². The summed E-state index contributed by atoms with van der Waals surface area (Å²) in [7, 11) is 0. The molecule has 2 heterocycles. The number of amides is 2. The summed E-state index contributed by atoms with van der Waals surface area (Å²) in [6, 6.07) is -0.674. The largest absolute Gasteiger partial charge is 0.444 e. The van der Waals surface area contributed by atoms with Crippen molar-refractivity contribution in [3.05, 3.63) is 0 Å². The molecule has 2 amide bonds. The molecule has 102 valence electrons.